The normalized spacial score (nSPS) is 10.2. The average Bonchev–Trinajstić information content (AvgIpc) is 2.79. The number of nitrogens with one attached hydrogen (secondary N) is 1. The van der Waals surface area contributed by atoms with Crippen molar-refractivity contribution < 1.29 is 9.53 Å². The van der Waals surface area contributed by atoms with E-state index in [1.807, 2.05) is 12.1 Å². The molecule has 2 aromatic rings. The maximum atomic E-state index is 11.3. The number of hydrogen-bond donors (Lipinski definition) is 1. The van der Waals surface area contributed by atoms with E-state index in [9.17, 15) is 4.79 Å². The van der Waals surface area contributed by atoms with E-state index < -0.39 is 0 Å². The molecule has 7 heteroatoms. The van der Waals surface area contributed by atoms with Crippen LogP contribution in [0.4, 0.5) is 5.13 Å². The maximum absolute atomic E-state index is 11.3. The third-order valence-corrected chi connectivity index (χ3v) is 2.76. The Balaban J connectivity index is 2.09. The monoisotopic (exact) mass is 250 g/mol. The topological polar surface area (TPSA) is 77.0 Å². The molecule has 2 heterocycles. The number of ether oxygens (including phenoxy) is 1. The molecule has 0 bridgehead atoms. The molecule has 0 saturated heterocycles. The fourth-order valence-electron chi connectivity index (χ4n) is 1.17. The zero-order valence-electron chi connectivity index (χ0n) is 9.08. The van der Waals surface area contributed by atoms with Crippen LogP contribution in [0, 0.1) is 0 Å². The van der Waals surface area contributed by atoms with Crippen molar-refractivity contribution in [3.8, 4) is 10.6 Å². The van der Waals surface area contributed by atoms with E-state index >= 15 is 0 Å². The minimum absolute atomic E-state index is 0.00414. The largest absolute Gasteiger partial charge is 0.375 e. The van der Waals surface area contributed by atoms with E-state index in [-0.39, 0.29) is 12.5 Å². The number of aromatic nitrogens is 3. The minimum atomic E-state index is -0.245. The van der Waals surface area contributed by atoms with Crippen molar-refractivity contribution in [3.05, 3.63) is 24.5 Å². The molecule has 0 radical (unpaired) electrons. The van der Waals surface area contributed by atoms with Gasteiger partial charge in [-0.15, -0.1) is 10.2 Å². The number of pyridine rings is 1. The number of carbonyl (C=O) groups is 1. The Morgan fingerprint density at radius 3 is 2.88 bits per heavy atom. The first-order valence-corrected chi connectivity index (χ1v) is 5.64. The lowest BCUT2D eigenvalue weighted by atomic mass is 10.3. The number of anilines is 1. The number of rotatable bonds is 4. The first-order valence-electron chi connectivity index (χ1n) is 4.82. The van der Waals surface area contributed by atoms with Gasteiger partial charge in [-0.05, 0) is 12.1 Å². The van der Waals surface area contributed by atoms with Crippen LogP contribution in [0.25, 0.3) is 10.6 Å². The van der Waals surface area contributed by atoms with Crippen LogP contribution in [0.15, 0.2) is 24.5 Å². The Kier molecular flexibility index (Phi) is 3.73. The molecule has 17 heavy (non-hydrogen) atoms. The summed E-state index contributed by atoms with van der Waals surface area (Å²) in [6, 6.07) is 3.67. The second kappa shape index (κ2) is 5.46. The van der Waals surface area contributed by atoms with E-state index in [2.05, 4.69) is 20.5 Å². The fourth-order valence-corrected chi connectivity index (χ4v) is 1.94. The molecule has 0 spiro atoms. The lowest BCUT2D eigenvalue weighted by Crippen LogP contribution is -2.16. The lowest BCUT2D eigenvalue weighted by molar-refractivity contribution is -0.119. The molecule has 0 aromatic carbocycles. The molecule has 0 aliphatic rings. The third-order valence-electron chi connectivity index (χ3n) is 1.87. The zero-order valence-corrected chi connectivity index (χ0v) is 9.90. The number of hydrogen-bond acceptors (Lipinski definition) is 6. The predicted molar refractivity (Wildman–Crippen MR) is 63.6 cm³/mol. The SMILES string of the molecule is COCC(=O)Nc1nnc(-c2ccncc2)s1. The van der Waals surface area contributed by atoms with Crippen LogP contribution in [0.5, 0.6) is 0 Å². The van der Waals surface area contributed by atoms with Crippen molar-refractivity contribution in [2.75, 3.05) is 19.0 Å². The molecule has 1 amide bonds. The highest BCUT2D eigenvalue weighted by Crippen LogP contribution is 2.25. The van der Waals surface area contributed by atoms with Crippen molar-refractivity contribution in [2.45, 2.75) is 0 Å². The maximum Gasteiger partial charge on any atom is 0.252 e. The summed E-state index contributed by atoms with van der Waals surface area (Å²) >= 11 is 1.30. The van der Waals surface area contributed by atoms with Crippen molar-refractivity contribution >= 4 is 22.4 Å². The van der Waals surface area contributed by atoms with Gasteiger partial charge in [-0.3, -0.25) is 15.1 Å². The number of carbonyl (C=O) groups excluding carboxylic acids is 1. The third kappa shape index (κ3) is 3.05. The number of nitrogens with zero attached hydrogens (tertiary/aromatic N) is 3. The van der Waals surface area contributed by atoms with Gasteiger partial charge in [-0.1, -0.05) is 11.3 Å². The van der Waals surface area contributed by atoms with Crippen molar-refractivity contribution in [3.63, 3.8) is 0 Å². The van der Waals surface area contributed by atoms with Gasteiger partial charge in [0.2, 0.25) is 5.13 Å². The molecule has 1 N–H and O–H groups in total. The molecular formula is C10H10N4O2S. The van der Waals surface area contributed by atoms with Gasteiger partial charge in [0, 0.05) is 25.1 Å². The molecule has 2 aromatic heterocycles. The summed E-state index contributed by atoms with van der Waals surface area (Å²) in [6.45, 7) is 0.00414. The van der Waals surface area contributed by atoms with Gasteiger partial charge >= 0.3 is 0 Å². The van der Waals surface area contributed by atoms with E-state index in [0.29, 0.717) is 5.13 Å². The molecule has 0 saturated carbocycles. The molecular weight excluding hydrogens is 240 g/mol. The van der Waals surface area contributed by atoms with Crippen LogP contribution in [0.2, 0.25) is 0 Å². The average molecular weight is 250 g/mol. The molecule has 0 aliphatic carbocycles. The van der Waals surface area contributed by atoms with Gasteiger partial charge < -0.3 is 4.74 Å². The van der Waals surface area contributed by atoms with Gasteiger partial charge in [-0.25, -0.2) is 0 Å². The number of methoxy groups -OCH3 is 1. The summed E-state index contributed by atoms with van der Waals surface area (Å²) in [5.41, 5.74) is 0.921. The summed E-state index contributed by atoms with van der Waals surface area (Å²) < 4.78 is 4.70. The van der Waals surface area contributed by atoms with Crippen LogP contribution in [0.3, 0.4) is 0 Å². The van der Waals surface area contributed by atoms with E-state index in [1.165, 1.54) is 18.4 Å². The molecule has 0 fully saturated rings. The molecule has 2 rings (SSSR count). The van der Waals surface area contributed by atoms with Crippen molar-refractivity contribution in [2.24, 2.45) is 0 Å². The van der Waals surface area contributed by atoms with Crippen LogP contribution in [-0.4, -0.2) is 34.8 Å². The fraction of sp³-hybridized carbons (Fsp3) is 0.200. The van der Waals surface area contributed by atoms with Gasteiger partial charge in [0.1, 0.15) is 11.6 Å². The Hall–Kier alpha value is -1.86. The Morgan fingerprint density at radius 1 is 1.41 bits per heavy atom. The zero-order chi connectivity index (χ0) is 12.1. The smallest absolute Gasteiger partial charge is 0.252 e. The summed E-state index contributed by atoms with van der Waals surface area (Å²) in [4.78, 5) is 15.2. The standard InChI is InChI=1S/C10H10N4O2S/c1-16-6-8(15)12-10-14-13-9(17-10)7-2-4-11-5-3-7/h2-5H,6H2,1H3,(H,12,14,15). The molecule has 0 aliphatic heterocycles. The van der Waals surface area contributed by atoms with E-state index in [1.54, 1.807) is 12.4 Å². The Morgan fingerprint density at radius 2 is 2.18 bits per heavy atom. The number of amides is 1. The second-order valence-electron chi connectivity index (χ2n) is 3.13. The van der Waals surface area contributed by atoms with Gasteiger partial charge in [0.25, 0.3) is 5.91 Å². The van der Waals surface area contributed by atoms with Crippen molar-refractivity contribution in [1.29, 1.82) is 0 Å². The van der Waals surface area contributed by atoms with Crippen LogP contribution < -0.4 is 5.32 Å². The molecule has 88 valence electrons. The summed E-state index contributed by atoms with van der Waals surface area (Å²) in [5.74, 6) is -0.245. The lowest BCUT2D eigenvalue weighted by Gasteiger charge is -1.97. The van der Waals surface area contributed by atoms with Gasteiger partial charge in [0.05, 0.1) is 0 Å². The second-order valence-corrected chi connectivity index (χ2v) is 4.11. The van der Waals surface area contributed by atoms with E-state index in [4.69, 9.17) is 4.74 Å². The molecule has 6 nitrogen and oxygen atoms in total. The summed E-state index contributed by atoms with van der Waals surface area (Å²) in [5, 5.41) is 11.7. The van der Waals surface area contributed by atoms with Crippen LogP contribution in [-0.2, 0) is 9.53 Å². The highest BCUT2D eigenvalue weighted by molar-refractivity contribution is 7.18. The first-order chi connectivity index (χ1) is 8.29. The highest BCUT2D eigenvalue weighted by Gasteiger charge is 2.08. The van der Waals surface area contributed by atoms with Gasteiger partial charge in [0.15, 0.2) is 0 Å². The van der Waals surface area contributed by atoms with Gasteiger partial charge in [-0.2, -0.15) is 0 Å². The van der Waals surface area contributed by atoms with Crippen LogP contribution >= 0.6 is 11.3 Å². The minimum Gasteiger partial charge on any atom is -0.375 e. The quantitative estimate of drug-likeness (QED) is 0.881. The summed E-state index contributed by atoms with van der Waals surface area (Å²) in [7, 11) is 1.46. The Bertz CT molecular complexity index is 500. The predicted octanol–water partition coefficient (Wildman–Crippen LogP) is 1.19. The first kappa shape index (κ1) is 11.6. The van der Waals surface area contributed by atoms with Crippen LogP contribution in [0.1, 0.15) is 0 Å². The highest BCUT2D eigenvalue weighted by atomic mass is 32.1. The van der Waals surface area contributed by atoms with E-state index in [0.717, 1.165) is 10.6 Å². The molecule has 0 atom stereocenters. The summed E-state index contributed by atoms with van der Waals surface area (Å²) in [6.07, 6.45) is 3.36. The molecule has 0 unspecified atom stereocenters. The van der Waals surface area contributed by atoms with Crippen molar-refractivity contribution in [1.82, 2.24) is 15.2 Å². The Labute approximate surface area is 102 Å².